The second-order valence-electron chi connectivity index (χ2n) is 12.1. The van der Waals surface area contributed by atoms with E-state index in [2.05, 4.69) is 37.7 Å². The van der Waals surface area contributed by atoms with Crippen LogP contribution in [0.2, 0.25) is 0 Å². The summed E-state index contributed by atoms with van der Waals surface area (Å²) in [6.45, 7) is 4.33. The minimum Gasteiger partial charge on any atom is -0.438 e. The number of benzene rings is 1. The topological polar surface area (TPSA) is 54.4 Å². The monoisotopic (exact) mass is 515 g/mol. The number of nitrogens with zero attached hydrogens (tertiary/aromatic N) is 3. The summed E-state index contributed by atoms with van der Waals surface area (Å²) in [6.07, 6.45) is 12.3. The van der Waals surface area contributed by atoms with Gasteiger partial charge in [-0.05, 0) is 88.1 Å². The fourth-order valence-corrected chi connectivity index (χ4v) is 7.39. The molecule has 3 unspecified atom stereocenters. The molecule has 1 heterocycles. The lowest BCUT2D eigenvalue weighted by Gasteiger charge is -2.47. The molecule has 0 saturated heterocycles. The van der Waals surface area contributed by atoms with Gasteiger partial charge in [-0.15, -0.1) is 0 Å². The van der Waals surface area contributed by atoms with Gasteiger partial charge in [0.1, 0.15) is 5.82 Å². The summed E-state index contributed by atoms with van der Waals surface area (Å²) in [6, 6.07) is 7.70. The highest BCUT2D eigenvalue weighted by molar-refractivity contribution is 5.64. The minimum absolute atomic E-state index is 0.0185. The molecule has 3 aliphatic rings. The molecule has 1 aromatic carbocycles. The Bertz CT molecular complexity index is 924. The van der Waals surface area contributed by atoms with Crippen molar-refractivity contribution in [2.45, 2.75) is 102 Å². The molecule has 37 heavy (non-hydrogen) atoms. The van der Waals surface area contributed by atoms with Gasteiger partial charge in [0.05, 0.1) is 19.5 Å². The molecule has 0 N–H and O–H groups in total. The molecule has 4 rings (SSSR count). The Balaban J connectivity index is 1.58. The summed E-state index contributed by atoms with van der Waals surface area (Å²) in [7, 11) is 5.56. The predicted octanol–water partition coefficient (Wildman–Crippen LogP) is 6.81. The van der Waals surface area contributed by atoms with E-state index < -0.39 is 11.9 Å². The first-order chi connectivity index (χ1) is 17.7. The SMILES string of the molecule is COC(=O)OC1(CC(C)C)N=CN(C2CCCCC2)C1C1CCC(C(c2cccc(F)c2)N(C)C)CC1. The van der Waals surface area contributed by atoms with Crippen LogP contribution in [0.15, 0.2) is 29.3 Å². The van der Waals surface area contributed by atoms with E-state index in [9.17, 15) is 9.18 Å². The van der Waals surface area contributed by atoms with E-state index in [0.29, 0.717) is 30.2 Å². The van der Waals surface area contributed by atoms with Crippen molar-refractivity contribution in [2.75, 3.05) is 21.2 Å². The molecule has 1 aliphatic heterocycles. The number of halogens is 1. The molecule has 0 bridgehead atoms. The first-order valence-corrected chi connectivity index (χ1v) is 14.3. The number of aliphatic imine (C=N–C) groups is 1. The zero-order valence-corrected chi connectivity index (χ0v) is 23.4. The van der Waals surface area contributed by atoms with E-state index in [1.807, 2.05) is 18.5 Å². The van der Waals surface area contributed by atoms with E-state index in [0.717, 1.165) is 44.1 Å². The standard InChI is InChI=1S/C30H46FN3O3/c1-21(2)19-30(37-29(35)36-5)28(34(20-32-30)26-12-7-6-8-13-26)23-16-14-22(15-17-23)27(33(3)4)24-10-9-11-25(31)18-24/h9-11,18,20-23,26-28H,6-8,12-17,19H2,1-5H3. The van der Waals surface area contributed by atoms with Crippen LogP contribution in [0.1, 0.15) is 89.7 Å². The fraction of sp³-hybridized carbons (Fsp3) is 0.733. The third-order valence-corrected chi connectivity index (χ3v) is 8.77. The van der Waals surface area contributed by atoms with Crippen LogP contribution in [0, 0.1) is 23.6 Å². The van der Waals surface area contributed by atoms with Gasteiger partial charge in [-0.2, -0.15) is 0 Å². The van der Waals surface area contributed by atoms with Crippen molar-refractivity contribution in [3.63, 3.8) is 0 Å². The zero-order chi connectivity index (χ0) is 26.6. The van der Waals surface area contributed by atoms with Crippen LogP contribution in [-0.2, 0) is 9.47 Å². The number of carbonyl (C=O) groups excluding carboxylic acids is 1. The normalized spacial score (nSPS) is 29.6. The predicted molar refractivity (Wildman–Crippen MR) is 145 cm³/mol. The van der Waals surface area contributed by atoms with Crippen molar-refractivity contribution in [2.24, 2.45) is 22.7 Å². The first-order valence-electron chi connectivity index (χ1n) is 14.3. The Labute approximate surface area is 222 Å². The summed E-state index contributed by atoms with van der Waals surface area (Å²) >= 11 is 0. The van der Waals surface area contributed by atoms with Crippen molar-refractivity contribution >= 4 is 12.5 Å². The summed E-state index contributed by atoms with van der Waals surface area (Å²) in [4.78, 5) is 22.2. The summed E-state index contributed by atoms with van der Waals surface area (Å²) in [5.74, 6) is 0.944. The van der Waals surface area contributed by atoms with Crippen molar-refractivity contribution in [1.82, 2.24) is 9.80 Å². The van der Waals surface area contributed by atoms with Crippen LogP contribution in [0.4, 0.5) is 9.18 Å². The first kappa shape index (κ1) is 27.9. The maximum Gasteiger partial charge on any atom is 0.510 e. The highest BCUT2D eigenvalue weighted by Gasteiger charge is 2.54. The van der Waals surface area contributed by atoms with Gasteiger partial charge in [0.15, 0.2) is 0 Å². The molecule has 2 fully saturated rings. The average Bonchev–Trinajstić information content (AvgIpc) is 3.22. The van der Waals surface area contributed by atoms with Gasteiger partial charge < -0.3 is 19.3 Å². The van der Waals surface area contributed by atoms with Crippen molar-refractivity contribution < 1.29 is 18.7 Å². The largest absolute Gasteiger partial charge is 0.510 e. The van der Waals surface area contributed by atoms with E-state index >= 15 is 0 Å². The Morgan fingerprint density at radius 1 is 1.14 bits per heavy atom. The molecule has 3 atom stereocenters. The molecular formula is C30H46FN3O3. The van der Waals surface area contributed by atoms with Gasteiger partial charge in [0, 0.05) is 18.5 Å². The fourth-order valence-electron chi connectivity index (χ4n) is 7.39. The van der Waals surface area contributed by atoms with Crippen LogP contribution in [0.25, 0.3) is 0 Å². The lowest BCUT2D eigenvalue weighted by atomic mass is 9.71. The summed E-state index contributed by atoms with van der Waals surface area (Å²) in [5.41, 5.74) is 0.129. The zero-order valence-electron chi connectivity index (χ0n) is 23.4. The highest BCUT2D eigenvalue weighted by atomic mass is 19.1. The molecule has 0 aromatic heterocycles. The molecule has 0 spiro atoms. The van der Waals surface area contributed by atoms with E-state index in [4.69, 9.17) is 14.5 Å². The van der Waals surface area contributed by atoms with Gasteiger partial charge in [0.25, 0.3) is 0 Å². The molecule has 7 heteroatoms. The molecule has 0 radical (unpaired) electrons. The Kier molecular flexibility index (Phi) is 9.15. The van der Waals surface area contributed by atoms with Crippen LogP contribution >= 0.6 is 0 Å². The molecule has 6 nitrogen and oxygen atoms in total. The molecular weight excluding hydrogens is 469 g/mol. The average molecular weight is 516 g/mol. The van der Waals surface area contributed by atoms with Gasteiger partial charge >= 0.3 is 6.16 Å². The number of ether oxygens (including phenoxy) is 2. The quantitative estimate of drug-likeness (QED) is 0.356. The Hall–Kier alpha value is -2.15. The third-order valence-electron chi connectivity index (χ3n) is 8.77. The van der Waals surface area contributed by atoms with Crippen LogP contribution in [0.3, 0.4) is 0 Å². The summed E-state index contributed by atoms with van der Waals surface area (Å²) < 4.78 is 25.1. The second kappa shape index (κ2) is 12.1. The smallest absolute Gasteiger partial charge is 0.438 e. The molecule has 0 amide bonds. The van der Waals surface area contributed by atoms with Gasteiger partial charge in [-0.25, -0.2) is 14.2 Å². The number of hydrogen-bond donors (Lipinski definition) is 0. The van der Waals surface area contributed by atoms with E-state index in [1.54, 1.807) is 6.07 Å². The molecule has 206 valence electrons. The number of rotatable bonds is 8. The maximum absolute atomic E-state index is 14.1. The van der Waals surface area contributed by atoms with Crippen molar-refractivity contribution in [1.29, 1.82) is 0 Å². The van der Waals surface area contributed by atoms with E-state index in [-0.39, 0.29) is 17.9 Å². The number of carbonyl (C=O) groups is 1. The maximum atomic E-state index is 14.1. The lowest BCUT2D eigenvalue weighted by Crippen LogP contribution is -2.56. The van der Waals surface area contributed by atoms with Crippen LogP contribution < -0.4 is 0 Å². The van der Waals surface area contributed by atoms with Crippen molar-refractivity contribution in [3.05, 3.63) is 35.6 Å². The third kappa shape index (κ3) is 6.30. The van der Waals surface area contributed by atoms with Gasteiger partial charge in [-0.1, -0.05) is 45.2 Å². The second-order valence-corrected chi connectivity index (χ2v) is 12.1. The summed E-state index contributed by atoms with van der Waals surface area (Å²) in [5, 5.41) is 0. The van der Waals surface area contributed by atoms with Crippen LogP contribution in [0.5, 0.6) is 0 Å². The number of hydrogen-bond acceptors (Lipinski definition) is 6. The lowest BCUT2D eigenvalue weighted by molar-refractivity contribution is -0.0882. The van der Waals surface area contributed by atoms with E-state index in [1.165, 1.54) is 32.4 Å². The highest BCUT2D eigenvalue weighted by Crippen LogP contribution is 2.47. The number of methoxy groups -OCH3 is 1. The Morgan fingerprint density at radius 2 is 1.84 bits per heavy atom. The van der Waals surface area contributed by atoms with Gasteiger partial charge in [0.2, 0.25) is 5.72 Å². The molecule has 1 aromatic rings. The molecule has 2 aliphatic carbocycles. The van der Waals surface area contributed by atoms with Crippen LogP contribution in [-0.4, -0.2) is 61.3 Å². The van der Waals surface area contributed by atoms with Crippen molar-refractivity contribution in [3.8, 4) is 0 Å². The van der Waals surface area contributed by atoms with Gasteiger partial charge in [-0.3, -0.25) is 0 Å². The molecule has 2 saturated carbocycles. The minimum atomic E-state index is -0.917. The Morgan fingerprint density at radius 3 is 2.43 bits per heavy atom.